The van der Waals surface area contributed by atoms with Crippen LogP contribution in [-0.2, 0) is 15.7 Å². The summed E-state index contributed by atoms with van der Waals surface area (Å²) in [6, 6.07) is 14.2. The highest BCUT2D eigenvalue weighted by atomic mass is 79.9. The maximum Gasteiger partial charge on any atom is 0.416 e. The molecule has 1 atom stereocenters. The topological polar surface area (TPSA) is 92.0 Å². The average Bonchev–Trinajstić information content (AvgIpc) is 2.93. The molecule has 3 aromatic carbocycles. The molecule has 4 aromatic rings. The van der Waals surface area contributed by atoms with Crippen molar-refractivity contribution in [3.8, 4) is 22.9 Å². The monoisotopic (exact) mass is 617 g/mol. The molecule has 8 nitrogen and oxygen atoms in total. The van der Waals surface area contributed by atoms with E-state index in [4.69, 9.17) is 14.2 Å². The highest BCUT2D eigenvalue weighted by molar-refractivity contribution is 9.10. The first-order valence-corrected chi connectivity index (χ1v) is 12.8. The molecule has 0 aliphatic rings. The Balaban J connectivity index is 1.84. The number of nitrogens with zero attached hydrogens (tertiary/aromatic N) is 3. The quantitative estimate of drug-likeness (QED) is 0.176. The summed E-state index contributed by atoms with van der Waals surface area (Å²) >= 11 is 3.43. The molecule has 0 amide bonds. The molecule has 0 radical (unpaired) electrons. The molecule has 1 aromatic heterocycles. The van der Waals surface area contributed by atoms with Crippen molar-refractivity contribution < 1.29 is 32.2 Å². The summed E-state index contributed by atoms with van der Waals surface area (Å²) in [6.45, 7) is 3.58. The zero-order chi connectivity index (χ0) is 29.0. The van der Waals surface area contributed by atoms with Crippen LogP contribution in [0.4, 0.5) is 13.2 Å². The van der Waals surface area contributed by atoms with Crippen LogP contribution in [0.25, 0.3) is 22.3 Å². The fraction of sp³-hybridized carbons (Fsp3) is 0.214. The first kappa shape index (κ1) is 28.8. The number of alkyl halides is 3. The third-order valence-corrected chi connectivity index (χ3v) is 6.40. The number of ether oxygens (including phenoxy) is 3. The van der Waals surface area contributed by atoms with Crippen molar-refractivity contribution in [2.24, 2.45) is 5.10 Å². The first-order valence-electron chi connectivity index (χ1n) is 12.0. The number of para-hydroxylation sites is 1. The van der Waals surface area contributed by atoms with Gasteiger partial charge in [-0.15, -0.1) is 0 Å². The number of carbonyl (C=O) groups is 1. The van der Waals surface area contributed by atoms with E-state index in [1.54, 1.807) is 43.3 Å². The van der Waals surface area contributed by atoms with Gasteiger partial charge in [0.25, 0.3) is 5.56 Å². The van der Waals surface area contributed by atoms with E-state index in [2.05, 4.69) is 26.0 Å². The molecule has 0 saturated heterocycles. The van der Waals surface area contributed by atoms with Crippen LogP contribution < -0.4 is 15.0 Å². The number of aromatic nitrogens is 2. The lowest BCUT2D eigenvalue weighted by atomic mass is 10.1. The van der Waals surface area contributed by atoms with Crippen LogP contribution in [0.3, 0.4) is 0 Å². The summed E-state index contributed by atoms with van der Waals surface area (Å²) in [5.74, 6) is -0.0865. The maximum absolute atomic E-state index is 13.4. The van der Waals surface area contributed by atoms with Gasteiger partial charge in [-0.2, -0.15) is 22.9 Å². The van der Waals surface area contributed by atoms with Crippen LogP contribution >= 0.6 is 15.9 Å². The molecule has 12 heteroatoms. The Bertz CT molecular complexity index is 1650. The molecule has 1 heterocycles. The molecule has 0 aliphatic heterocycles. The fourth-order valence-corrected chi connectivity index (χ4v) is 4.21. The molecule has 0 fully saturated rings. The van der Waals surface area contributed by atoms with Gasteiger partial charge in [0.1, 0.15) is 0 Å². The van der Waals surface area contributed by atoms with Gasteiger partial charge in [0.05, 0.1) is 36.4 Å². The molecule has 0 saturated carbocycles. The predicted octanol–water partition coefficient (Wildman–Crippen LogP) is 6.07. The van der Waals surface area contributed by atoms with E-state index in [1.165, 1.54) is 32.4 Å². The smallest absolute Gasteiger partial charge is 0.416 e. The third kappa shape index (κ3) is 6.17. The Hall–Kier alpha value is -4.19. The standard InChI is InChI=1S/C28H23BrF3N3O5/c1-4-39-23-13-18(21(29)14-24(23)40-16(2)27(37)38-3)15-33-35-25(17-8-7-9-19(12-17)28(30,31)32)34-22-11-6-5-10-20(22)26(35)36/h5-16H,4H2,1-3H3/t16-/m1/s1. The second-order valence-electron chi connectivity index (χ2n) is 8.43. The molecular formula is C28H23BrF3N3O5. The number of carbonyl (C=O) groups excluding carboxylic acids is 1. The Morgan fingerprint density at radius 3 is 2.58 bits per heavy atom. The lowest BCUT2D eigenvalue weighted by Gasteiger charge is -2.17. The van der Waals surface area contributed by atoms with Crippen LogP contribution in [0.1, 0.15) is 25.0 Å². The summed E-state index contributed by atoms with van der Waals surface area (Å²) in [5.41, 5.74) is -0.625. The van der Waals surface area contributed by atoms with Crippen molar-refractivity contribution in [1.82, 2.24) is 9.66 Å². The van der Waals surface area contributed by atoms with Crippen molar-refractivity contribution in [3.63, 3.8) is 0 Å². The molecule has 4 rings (SSSR count). The van der Waals surface area contributed by atoms with Gasteiger partial charge in [-0.25, -0.2) is 9.78 Å². The van der Waals surface area contributed by atoms with Gasteiger partial charge in [0, 0.05) is 15.6 Å². The van der Waals surface area contributed by atoms with Gasteiger partial charge in [0.15, 0.2) is 23.4 Å². The summed E-state index contributed by atoms with van der Waals surface area (Å²) < 4.78 is 57.8. The number of benzene rings is 3. The Labute approximate surface area is 235 Å². The second-order valence-corrected chi connectivity index (χ2v) is 9.28. The molecular weight excluding hydrogens is 595 g/mol. The van der Waals surface area contributed by atoms with E-state index >= 15 is 0 Å². The largest absolute Gasteiger partial charge is 0.490 e. The molecule has 0 N–H and O–H groups in total. The minimum Gasteiger partial charge on any atom is -0.490 e. The van der Waals surface area contributed by atoms with Crippen molar-refractivity contribution in [2.45, 2.75) is 26.1 Å². The average molecular weight is 618 g/mol. The number of rotatable bonds is 8. The number of esters is 1. The minimum atomic E-state index is -4.59. The van der Waals surface area contributed by atoms with E-state index in [0.717, 1.165) is 16.8 Å². The maximum atomic E-state index is 13.4. The van der Waals surface area contributed by atoms with Crippen molar-refractivity contribution in [1.29, 1.82) is 0 Å². The molecule has 0 aliphatic carbocycles. The van der Waals surface area contributed by atoms with Crippen LogP contribution in [-0.4, -0.2) is 41.7 Å². The number of halogens is 4. The normalized spacial score (nSPS) is 12.5. The molecule has 40 heavy (non-hydrogen) atoms. The van der Waals surface area contributed by atoms with Crippen molar-refractivity contribution in [2.75, 3.05) is 13.7 Å². The highest BCUT2D eigenvalue weighted by Crippen LogP contribution is 2.35. The zero-order valence-electron chi connectivity index (χ0n) is 21.5. The highest BCUT2D eigenvalue weighted by Gasteiger charge is 2.31. The van der Waals surface area contributed by atoms with Crippen LogP contribution in [0.2, 0.25) is 0 Å². The van der Waals surface area contributed by atoms with Gasteiger partial charge in [-0.3, -0.25) is 4.79 Å². The van der Waals surface area contributed by atoms with E-state index < -0.39 is 29.4 Å². The van der Waals surface area contributed by atoms with Crippen LogP contribution in [0.5, 0.6) is 11.5 Å². The summed E-state index contributed by atoms with van der Waals surface area (Å²) in [5, 5.41) is 4.56. The number of hydrogen-bond acceptors (Lipinski definition) is 7. The van der Waals surface area contributed by atoms with E-state index in [9.17, 15) is 22.8 Å². The Morgan fingerprint density at radius 2 is 1.88 bits per heavy atom. The van der Waals surface area contributed by atoms with Gasteiger partial charge in [0.2, 0.25) is 0 Å². The zero-order valence-corrected chi connectivity index (χ0v) is 23.1. The number of fused-ring (bicyclic) bond motifs is 1. The SMILES string of the molecule is CCOc1cc(C=Nn2c(-c3cccc(C(F)(F)F)c3)nc3ccccc3c2=O)c(Br)cc1O[C@H](C)C(=O)OC. The van der Waals surface area contributed by atoms with Crippen LogP contribution in [0.15, 0.2) is 75.0 Å². The van der Waals surface area contributed by atoms with Crippen LogP contribution in [0, 0.1) is 0 Å². The number of hydrogen-bond donors (Lipinski definition) is 0. The third-order valence-electron chi connectivity index (χ3n) is 5.71. The molecule has 208 valence electrons. The van der Waals surface area contributed by atoms with Gasteiger partial charge >= 0.3 is 12.1 Å². The second kappa shape index (κ2) is 11.9. The lowest BCUT2D eigenvalue weighted by Crippen LogP contribution is -2.25. The van der Waals surface area contributed by atoms with E-state index in [1.807, 2.05) is 0 Å². The van der Waals surface area contributed by atoms with E-state index in [-0.39, 0.29) is 29.1 Å². The first-order chi connectivity index (χ1) is 19.0. The summed E-state index contributed by atoms with van der Waals surface area (Å²) in [6.07, 6.45) is -4.15. The fourth-order valence-electron chi connectivity index (χ4n) is 3.79. The van der Waals surface area contributed by atoms with E-state index in [0.29, 0.717) is 21.3 Å². The molecule has 0 unspecified atom stereocenters. The minimum absolute atomic E-state index is 0.0597. The van der Waals surface area contributed by atoms with Gasteiger partial charge in [-0.1, -0.05) is 24.3 Å². The van der Waals surface area contributed by atoms with Gasteiger partial charge in [-0.05, 0) is 66.2 Å². The predicted molar refractivity (Wildman–Crippen MR) is 147 cm³/mol. The molecule has 0 spiro atoms. The summed E-state index contributed by atoms with van der Waals surface area (Å²) in [7, 11) is 1.25. The molecule has 0 bridgehead atoms. The summed E-state index contributed by atoms with van der Waals surface area (Å²) in [4.78, 5) is 29.7. The van der Waals surface area contributed by atoms with Gasteiger partial charge < -0.3 is 14.2 Å². The van der Waals surface area contributed by atoms with Crippen molar-refractivity contribution in [3.05, 3.63) is 86.6 Å². The lowest BCUT2D eigenvalue weighted by molar-refractivity contribution is -0.148. The number of methoxy groups -OCH3 is 1. The Morgan fingerprint density at radius 1 is 1.12 bits per heavy atom. The van der Waals surface area contributed by atoms with Crippen molar-refractivity contribution >= 4 is 39.0 Å². The Kier molecular flexibility index (Phi) is 8.58.